The fourth-order valence-electron chi connectivity index (χ4n) is 7.97. The first-order valence-corrected chi connectivity index (χ1v) is 26.4. The Hall–Kier alpha value is -4.98. The van der Waals surface area contributed by atoms with Crippen LogP contribution in [0.15, 0.2) is 82.8 Å². The second-order valence-electron chi connectivity index (χ2n) is 17.0. The normalized spacial score (nSPS) is 24.0. The highest BCUT2D eigenvalue weighted by Gasteiger charge is 2.53. The van der Waals surface area contributed by atoms with E-state index in [1.807, 2.05) is 0 Å². The van der Waals surface area contributed by atoms with Gasteiger partial charge in [0, 0.05) is 16.0 Å². The third kappa shape index (κ3) is 13.0. The molecule has 0 saturated carbocycles. The largest absolute Gasteiger partial charge is 0.394 e. The summed E-state index contributed by atoms with van der Waals surface area (Å²) >= 11 is 23.9. The van der Waals surface area contributed by atoms with E-state index >= 15 is 0 Å². The molecule has 4 N–H and O–H groups in total. The Morgan fingerprint density at radius 1 is 0.649 bits per heavy atom. The third-order valence-corrected chi connectivity index (χ3v) is 16.6. The van der Waals surface area contributed by atoms with Crippen molar-refractivity contribution in [3.05, 3.63) is 128 Å². The van der Waals surface area contributed by atoms with Crippen molar-refractivity contribution in [2.75, 3.05) is 26.4 Å². The predicted molar refractivity (Wildman–Crippen MR) is 260 cm³/mol. The van der Waals surface area contributed by atoms with Crippen molar-refractivity contribution in [1.29, 1.82) is 0 Å². The van der Waals surface area contributed by atoms with Crippen LogP contribution in [-0.2, 0) is 49.2 Å². The van der Waals surface area contributed by atoms with E-state index in [-0.39, 0.29) is 52.4 Å². The molecule has 8 rings (SSSR count). The molecule has 11 atom stereocenters. The quantitative estimate of drug-likeness (QED) is 0.0658. The summed E-state index contributed by atoms with van der Waals surface area (Å²) in [6, 6.07) is 7.78. The standard InChI is InChI=1S/C23H20Cl2F3N3O7S.C23H20Cl2F3N3O6S/c1-10(33)9-37-22-20(31-7-17(29-30-31)11-4-15(26)19(28)16(27)5-11)21(34)18(8-32)38-23(22)39(35,36)12-2-3-13(24)14(25)6-12;1-10(33)9-36-22-20(31-7-17(29-30-31)11-4-15(26)19(28)16(27)5-11)21(34)18(8-32)37-23(22)38(35)12-2-3-13(24)14(25)6-12/h2-7,18,20-23,32,34H,8-9H2,1H3;2-7,18,20-23,32,34H,8-9H2,1H3/t18-,20+,21+,22-,23-;18-,20+,21+,22-,23-,38?/m11/s1. The maximum atomic E-state index is 13.8. The third-order valence-electron chi connectivity index (χ3n) is 11.7. The number of hydrogen-bond acceptors (Lipinski definition) is 17. The minimum absolute atomic E-state index is 0.0786. The fraction of sp³-hybridized carbons (Fsp3) is 0.348. The molecule has 4 aromatic carbocycles. The maximum Gasteiger partial charge on any atom is 0.207 e. The molecule has 2 fully saturated rings. The number of aromatic nitrogens is 6. The molecule has 1 unspecified atom stereocenters. The van der Waals surface area contributed by atoms with Crippen molar-refractivity contribution in [3.8, 4) is 22.5 Å². The van der Waals surface area contributed by atoms with Gasteiger partial charge >= 0.3 is 0 Å². The summed E-state index contributed by atoms with van der Waals surface area (Å²) < 4.78 is 148. The van der Waals surface area contributed by atoms with Gasteiger partial charge < -0.3 is 39.4 Å². The monoisotopic (exact) mass is 1200 g/mol. The molecule has 414 valence electrons. The van der Waals surface area contributed by atoms with E-state index < -0.39 is 153 Å². The highest BCUT2D eigenvalue weighted by atomic mass is 35.5. The fourth-order valence-corrected chi connectivity index (χ4v) is 11.8. The van der Waals surface area contributed by atoms with E-state index in [0.717, 1.165) is 39.8 Å². The minimum Gasteiger partial charge on any atom is -0.394 e. The molecule has 0 radical (unpaired) electrons. The van der Waals surface area contributed by atoms with Gasteiger partial charge in [0.1, 0.15) is 73.3 Å². The van der Waals surface area contributed by atoms with Gasteiger partial charge in [0.2, 0.25) is 9.84 Å². The second-order valence-corrected chi connectivity index (χ2v) is 22.2. The van der Waals surface area contributed by atoms with Gasteiger partial charge in [0.15, 0.2) is 57.3 Å². The van der Waals surface area contributed by atoms with Crippen LogP contribution in [0.25, 0.3) is 22.5 Å². The number of halogens is 10. The van der Waals surface area contributed by atoms with Gasteiger partial charge in [0.25, 0.3) is 0 Å². The zero-order chi connectivity index (χ0) is 56.4. The summed E-state index contributed by atoms with van der Waals surface area (Å²) in [5.74, 6) is -10.1. The molecule has 0 amide bonds. The number of hydrogen-bond donors (Lipinski definition) is 4. The minimum atomic E-state index is -4.49. The van der Waals surface area contributed by atoms with Gasteiger partial charge in [0.05, 0.1) is 61.4 Å². The average molecular weight is 1200 g/mol. The van der Waals surface area contributed by atoms with Crippen molar-refractivity contribution in [2.24, 2.45) is 0 Å². The second kappa shape index (κ2) is 25.0. The van der Waals surface area contributed by atoms with Crippen LogP contribution in [0, 0.1) is 34.9 Å². The molecule has 2 aliphatic heterocycles. The van der Waals surface area contributed by atoms with Crippen LogP contribution in [-0.4, -0.2) is 149 Å². The van der Waals surface area contributed by atoms with Crippen molar-refractivity contribution in [2.45, 2.75) is 83.2 Å². The molecule has 77 heavy (non-hydrogen) atoms. The number of sulfone groups is 1. The Labute approximate surface area is 454 Å². The Kier molecular flexibility index (Phi) is 19.4. The van der Waals surface area contributed by atoms with Crippen LogP contribution in [0.1, 0.15) is 25.9 Å². The molecule has 19 nitrogen and oxygen atoms in total. The van der Waals surface area contributed by atoms with Crippen LogP contribution in [0.2, 0.25) is 20.1 Å². The first-order chi connectivity index (χ1) is 36.4. The smallest absolute Gasteiger partial charge is 0.207 e. The number of nitrogens with zero attached hydrogens (tertiary/aromatic N) is 6. The van der Waals surface area contributed by atoms with Gasteiger partial charge in [-0.2, -0.15) is 0 Å². The van der Waals surface area contributed by atoms with E-state index in [9.17, 15) is 69.0 Å². The number of benzene rings is 4. The summed E-state index contributed by atoms with van der Waals surface area (Å²) in [5, 5.41) is 57.5. The molecule has 0 aliphatic carbocycles. The molecule has 2 aromatic heterocycles. The van der Waals surface area contributed by atoms with E-state index in [2.05, 4.69) is 20.6 Å². The van der Waals surface area contributed by atoms with Gasteiger partial charge in [-0.3, -0.25) is 13.8 Å². The van der Waals surface area contributed by atoms with Gasteiger partial charge in [-0.1, -0.05) is 56.8 Å². The Balaban J connectivity index is 0.000000224. The number of aliphatic hydroxyl groups excluding tert-OH is 4. The number of rotatable bonds is 16. The number of ether oxygens (including phenoxy) is 4. The van der Waals surface area contributed by atoms with Crippen LogP contribution in [0.3, 0.4) is 0 Å². The molecule has 6 aromatic rings. The van der Waals surface area contributed by atoms with Crippen LogP contribution < -0.4 is 0 Å². The van der Waals surface area contributed by atoms with Crippen LogP contribution in [0.5, 0.6) is 0 Å². The Bertz CT molecular complexity index is 3270. The Morgan fingerprint density at radius 3 is 1.52 bits per heavy atom. The van der Waals surface area contributed by atoms with Gasteiger partial charge in [-0.25, -0.2) is 44.1 Å². The van der Waals surface area contributed by atoms with Gasteiger partial charge in [-0.15, -0.1) is 10.2 Å². The molecular formula is C46H40Cl4F6N6O13S2. The number of aliphatic hydroxyl groups is 4. The molecule has 2 aliphatic rings. The lowest BCUT2D eigenvalue weighted by Gasteiger charge is -2.43. The van der Waals surface area contributed by atoms with Crippen molar-refractivity contribution >= 4 is 78.6 Å². The summed E-state index contributed by atoms with van der Waals surface area (Å²) in [6.07, 6.45) is -6.56. The molecule has 0 bridgehead atoms. The van der Waals surface area contributed by atoms with Crippen molar-refractivity contribution in [3.63, 3.8) is 0 Å². The lowest BCUT2D eigenvalue weighted by Crippen LogP contribution is -2.59. The highest BCUT2D eigenvalue weighted by Crippen LogP contribution is 2.40. The number of ketones is 2. The van der Waals surface area contributed by atoms with Crippen LogP contribution in [0.4, 0.5) is 26.3 Å². The SMILES string of the molecule is CC(=O)CO[C@@H]1[C@@H](n2cc(-c3cc(F)c(F)c(F)c3)nn2)[C@@H](O)[C@@H](CO)O[C@@H]1S(=O)(=O)c1ccc(Cl)c(Cl)c1.CC(=O)CO[C@@H]1[C@@H](n2cc(-c3cc(F)c(F)c(F)c3)nn2)[C@@H](O)[C@@H](CO)O[C@@H]1S(=O)c1ccc(Cl)c(Cl)c1. The number of carbonyl (C=O) groups excluding carboxylic acids is 2. The van der Waals surface area contributed by atoms with Gasteiger partial charge in [-0.05, 0) is 74.5 Å². The van der Waals surface area contributed by atoms with E-state index in [1.165, 1.54) is 44.3 Å². The molecule has 31 heteroatoms. The number of carbonyl (C=O) groups is 2. The van der Waals surface area contributed by atoms with Crippen molar-refractivity contribution < 1.29 is 87.9 Å². The number of Topliss-reactive ketones (excluding diaryl/α,β-unsaturated/α-hetero) is 2. The summed E-state index contributed by atoms with van der Waals surface area (Å²) in [5.41, 5.74) is -3.88. The zero-order valence-electron chi connectivity index (χ0n) is 39.3. The molecule has 0 spiro atoms. The lowest BCUT2D eigenvalue weighted by atomic mass is 9.97. The zero-order valence-corrected chi connectivity index (χ0v) is 43.9. The maximum absolute atomic E-state index is 13.8. The first-order valence-electron chi connectivity index (χ1n) is 22.2. The highest BCUT2D eigenvalue weighted by molar-refractivity contribution is 7.92. The summed E-state index contributed by atoms with van der Waals surface area (Å²) in [7, 11) is -6.52. The average Bonchev–Trinajstić information content (AvgIpc) is 4.12. The summed E-state index contributed by atoms with van der Waals surface area (Å²) in [4.78, 5) is 23.3. The Morgan fingerprint density at radius 2 is 1.08 bits per heavy atom. The predicted octanol–water partition coefficient (Wildman–Crippen LogP) is 5.81. The molecular weight excluding hydrogens is 1160 g/mol. The molecule has 2 saturated heterocycles. The summed E-state index contributed by atoms with van der Waals surface area (Å²) in [6.45, 7) is -0.139. The van der Waals surface area contributed by atoms with Crippen molar-refractivity contribution in [1.82, 2.24) is 30.0 Å². The lowest BCUT2D eigenvalue weighted by molar-refractivity contribution is -0.195. The van der Waals surface area contributed by atoms with E-state index in [1.54, 1.807) is 0 Å². The molecule has 4 heterocycles. The van der Waals surface area contributed by atoms with E-state index in [0.29, 0.717) is 12.1 Å². The van der Waals surface area contributed by atoms with E-state index in [4.69, 9.17) is 65.4 Å². The van der Waals surface area contributed by atoms with Crippen LogP contribution >= 0.6 is 46.4 Å². The first kappa shape index (κ1) is 59.7. The topological polar surface area (TPSA) is 265 Å².